The molecule has 0 aliphatic rings. The van der Waals surface area contributed by atoms with Crippen LogP contribution in [0.1, 0.15) is 0 Å². The fourth-order valence-corrected chi connectivity index (χ4v) is 19.5. The largest absolute Gasteiger partial charge is 0.455 e. The maximum absolute atomic E-state index is 7.09. The number of furan rings is 2. The maximum atomic E-state index is 7.09. The number of para-hydroxylation sites is 5. The number of hydrogen-bond acceptors (Lipinski definition) is 9. The van der Waals surface area contributed by atoms with E-state index in [1.54, 1.807) is 0 Å². The summed E-state index contributed by atoms with van der Waals surface area (Å²) in [5.41, 5.74) is 29.0. The van der Waals surface area contributed by atoms with E-state index in [4.69, 9.17) is 43.7 Å². The van der Waals surface area contributed by atoms with Gasteiger partial charge in [-0.3, -0.25) is 0 Å². The highest BCUT2D eigenvalue weighted by Crippen LogP contribution is 2.48. The molecule has 0 fully saturated rings. The summed E-state index contributed by atoms with van der Waals surface area (Å²) < 4.78 is 18.5. The molecular weight excluding hydrogens is 1560 g/mol. The lowest BCUT2D eigenvalue weighted by atomic mass is 9.93. The first kappa shape index (κ1) is 72.2. The van der Waals surface area contributed by atoms with Gasteiger partial charge in [0.15, 0.2) is 23.3 Å². The Morgan fingerprint density at radius 3 is 1.11 bits per heavy atom. The first-order valence-corrected chi connectivity index (χ1v) is 43.1. The summed E-state index contributed by atoms with van der Waals surface area (Å²) in [6, 6.07) is 148. The molecule has 8 aromatic heterocycles. The van der Waals surface area contributed by atoms with Crippen LogP contribution in [0.15, 0.2) is 427 Å². The van der Waals surface area contributed by atoms with E-state index in [-0.39, 0.29) is 0 Å². The zero-order chi connectivity index (χ0) is 84.0. The maximum Gasteiger partial charge on any atom is 0.164 e. The van der Waals surface area contributed by atoms with Gasteiger partial charge in [0, 0.05) is 88.2 Å². The molecule has 0 atom stereocenters. The van der Waals surface area contributed by atoms with Gasteiger partial charge in [-0.05, 0) is 134 Å². The van der Waals surface area contributed by atoms with Gasteiger partial charge in [0.2, 0.25) is 0 Å². The van der Waals surface area contributed by atoms with Crippen LogP contribution in [0, 0.1) is 0 Å². The van der Waals surface area contributed by atoms with Crippen molar-refractivity contribution in [2.45, 2.75) is 0 Å². The van der Waals surface area contributed by atoms with E-state index in [1.807, 2.05) is 54.6 Å². The van der Waals surface area contributed by atoms with Crippen LogP contribution in [0.5, 0.6) is 0 Å². The summed E-state index contributed by atoms with van der Waals surface area (Å²) in [6.45, 7) is 0. The van der Waals surface area contributed by atoms with Crippen LogP contribution in [0.25, 0.3) is 266 Å². The zero-order valence-electron chi connectivity index (χ0n) is 68.7. The summed E-state index contributed by atoms with van der Waals surface area (Å²) in [5.74, 6) is 2.39. The van der Waals surface area contributed by atoms with Crippen LogP contribution in [-0.2, 0) is 0 Å². The Morgan fingerprint density at radius 1 is 0.188 bits per heavy atom. The molecule has 0 saturated heterocycles. The molecule has 26 aromatic rings. The van der Waals surface area contributed by atoms with Crippen molar-refractivity contribution in [3.8, 4) is 135 Å². The highest BCUT2D eigenvalue weighted by molar-refractivity contribution is 6.28. The number of hydrogen-bond donors (Lipinski definition) is 0. The van der Waals surface area contributed by atoms with E-state index >= 15 is 0 Å². The molecule has 0 N–H and O–H groups in total. The number of benzene rings is 18. The van der Waals surface area contributed by atoms with Crippen LogP contribution in [0.3, 0.4) is 0 Å². The van der Waals surface area contributed by atoms with Crippen LogP contribution >= 0.6 is 0 Å². The molecule has 8 heterocycles. The minimum absolute atomic E-state index is 0.565. The van der Waals surface area contributed by atoms with Crippen LogP contribution in [-0.4, -0.2) is 44.0 Å². The third-order valence-electron chi connectivity index (χ3n) is 25.6. The fraction of sp³-hybridized carbons (Fsp3) is 0. The first-order valence-electron chi connectivity index (χ1n) is 43.1. The highest BCUT2D eigenvalue weighted by atomic mass is 16.3. The predicted molar refractivity (Wildman–Crippen MR) is 524 cm³/mol. The van der Waals surface area contributed by atoms with Crippen molar-refractivity contribution in [2.24, 2.45) is 0 Å². The van der Waals surface area contributed by atoms with E-state index < -0.39 is 0 Å². The number of pyridine rings is 2. The van der Waals surface area contributed by atoms with Gasteiger partial charge in [-0.15, -0.1) is 0 Å². The van der Waals surface area contributed by atoms with Crippen molar-refractivity contribution in [3.05, 3.63) is 419 Å². The molecule has 0 bridgehead atoms. The summed E-state index contributed by atoms with van der Waals surface area (Å²) in [7, 11) is 0. The van der Waals surface area contributed by atoms with Gasteiger partial charge in [-0.1, -0.05) is 340 Å². The number of nitrogens with zero attached hydrogens (tertiary/aromatic N) is 9. The molecule has 26 rings (SSSR count). The number of aromatic nitrogens is 9. The molecule has 18 aromatic carbocycles. The van der Waals surface area contributed by atoms with Gasteiger partial charge in [-0.2, -0.15) is 0 Å². The standard InChI is InChI=1S/C117H69N9O2/c1-3-23-78(24-4-1)114-120-98(69-99(121-114)82-27-19-29-84(66-82)125-100-39-14-9-32-89(100)90-33-10-15-40-101(90)125)75-52-44-70(45-53-75)71-46-54-77(55-47-71)111-109-95-36-13-18-43-105(95)128-113(109)107-93-38-21-37-86(88(93)63-65-97(107)119-111)81-60-62-92-91-34-11-16-41-102(91)126(103(92)68-81)85-30-20-28-83(67-85)117-123-115(79-25-5-2-6-26-79)122-116(124-117)80-58-50-73(51-59-80)72-48-56-76(57-49-72)110-108-94-35-12-17-42-104(94)127-112(108)106-87-31-8-7-22-74(87)61-64-96(106)118-110/h1-69H. The quantitative estimate of drug-likeness (QED) is 0.104. The molecule has 0 unspecified atom stereocenters. The Kier molecular flexibility index (Phi) is 16.4. The Balaban J connectivity index is 0.515. The van der Waals surface area contributed by atoms with Gasteiger partial charge in [0.05, 0.1) is 77.4 Å². The molecule has 0 saturated carbocycles. The first-order chi connectivity index (χ1) is 63.4. The van der Waals surface area contributed by atoms with Crippen LogP contribution in [0.4, 0.5) is 0 Å². The summed E-state index contributed by atoms with van der Waals surface area (Å²) in [6.07, 6.45) is 0. The van der Waals surface area contributed by atoms with Crippen molar-refractivity contribution in [2.75, 3.05) is 0 Å². The van der Waals surface area contributed by atoms with E-state index in [2.05, 4.69) is 373 Å². The lowest BCUT2D eigenvalue weighted by Crippen LogP contribution is -2.01. The third-order valence-corrected chi connectivity index (χ3v) is 25.6. The second kappa shape index (κ2) is 29.1. The minimum Gasteiger partial charge on any atom is -0.455 e. The summed E-state index contributed by atoms with van der Waals surface area (Å²) in [5, 5.41) is 15.2. The van der Waals surface area contributed by atoms with Crippen molar-refractivity contribution in [1.82, 2.24) is 44.0 Å². The molecule has 128 heavy (non-hydrogen) atoms. The summed E-state index contributed by atoms with van der Waals surface area (Å²) in [4.78, 5) is 37.3. The second-order valence-corrected chi connectivity index (χ2v) is 32.9. The van der Waals surface area contributed by atoms with Crippen molar-refractivity contribution in [3.63, 3.8) is 0 Å². The minimum atomic E-state index is 0.565. The Bertz CT molecular complexity index is 9000. The van der Waals surface area contributed by atoms with Gasteiger partial charge in [0.25, 0.3) is 0 Å². The average molecular weight is 1630 g/mol. The fourth-order valence-electron chi connectivity index (χ4n) is 19.5. The zero-order valence-corrected chi connectivity index (χ0v) is 68.7. The van der Waals surface area contributed by atoms with Gasteiger partial charge >= 0.3 is 0 Å². The number of rotatable bonds is 13. The van der Waals surface area contributed by atoms with E-state index in [1.165, 1.54) is 10.8 Å². The van der Waals surface area contributed by atoms with Crippen LogP contribution in [0.2, 0.25) is 0 Å². The Hall–Kier alpha value is -17.4. The molecule has 0 spiro atoms. The van der Waals surface area contributed by atoms with Gasteiger partial charge in [-0.25, -0.2) is 34.9 Å². The molecule has 0 radical (unpaired) electrons. The van der Waals surface area contributed by atoms with E-state index in [0.717, 1.165) is 232 Å². The smallest absolute Gasteiger partial charge is 0.164 e. The van der Waals surface area contributed by atoms with Gasteiger partial charge in [0.1, 0.15) is 22.3 Å². The Morgan fingerprint density at radius 2 is 0.555 bits per heavy atom. The lowest BCUT2D eigenvalue weighted by Gasteiger charge is -2.14. The Labute approximate surface area is 732 Å². The molecule has 11 nitrogen and oxygen atoms in total. The lowest BCUT2D eigenvalue weighted by molar-refractivity contribution is 0.672. The molecular formula is C117H69N9O2. The predicted octanol–water partition coefficient (Wildman–Crippen LogP) is 30.4. The SMILES string of the molecule is c1ccc(-c2nc(-c3ccc(-c4ccc(-c5nc6ccc7c(-c8ccc9c%10ccccc%10n(-c%10cccc(-c%11nc(-c%12ccccc%12)nc(-c%12ccc(-c%13ccc(-c%14nc%15ccc%16ccccc%16c%15c%15oc%16ccccc%16c%14%15)cc%13)cc%12)n%11)c%10)c9c8)cccc7c6c6oc7ccccc7c56)cc4)cc3)cc(-c3cccc(-n4c5ccccc5c5ccccc54)c3)n2)cc1. The van der Waals surface area contributed by atoms with E-state index in [0.29, 0.717) is 23.3 Å². The topological polar surface area (TPSA) is 126 Å². The number of fused-ring (bicyclic) bond motifs is 20. The monoisotopic (exact) mass is 1630 g/mol. The molecule has 11 heteroatoms. The third kappa shape index (κ3) is 11.9. The molecule has 0 aliphatic heterocycles. The summed E-state index contributed by atoms with van der Waals surface area (Å²) >= 11 is 0. The van der Waals surface area contributed by atoms with Crippen LogP contribution < -0.4 is 0 Å². The van der Waals surface area contributed by atoms with E-state index in [9.17, 15) is 0 Å². The van der Waals surface area contributed by atoms with Crippen molar-refractivity contribution >= 4 is 131 Å². The average Bonchev–Trinajstić information content (AvgIpc) is 1.55. The van der Waals surface area contributed by atoms with Crippen molar-refractivity contribution < 1.29 is 8.83 Å². The molecule has 594 valence electrons. The van der Waals surface area contributed by atoms with Crippen molar-refractivity contribution in [1.29, 1.82) is 0 Å². The molecule has 0 amide bonds. The normalized spacial score (nSPS) is 11.9. The molecule has 0 aliphatic carbocycles. The van der Waals surface area contributed by atoms with Gasteiger partial charge < -0.3 is 18.0 Å². The second-order valence-electron chi connectivity index (χ2n) is 32.9. The highest BCUT2D eigenvalue weighted by Gasteiger charge is 2.26.